The van der Waals surface area contributed by atoms with E-state index in [2.05, 4.69) is 0 Å². The molecule has 78 valence electrons. The Morgan fingerprint density at radius 2 is 1.50 bits per heavy atom. The third-order valence-electron chi connectivity index (χ3n) is 1.98. The summed E-state index contributed by atoms with van der Waals surface area (Å²) in [6.45, 7) is 1.74. The predicted octanol–water partition coefficient (Wildman–Crippen LogP) is 3.94. The molecule has 0 aliphatic rings. The van der Waals surface area contributed by atoms with E-state index in [0.717, 1.165) is 0 Å². The quantitative estimate of drug-likeness (QED) is 0.601. The molecule has 0 spiro atoms. The molecule has 1 aromatic rings. The van der Waals surface area contributed by atoms with Crippen LogP contribution < -0.4 is 11.5 Å². The highest BCUT2D eigenvalue weighted by atomic mass is 35.5. The zero-order valence-electron chi connectivity index (χ0n) is 7.24. The molecule has 1 rings (SSSR count). The summed E-state index contributed by atoms with van der Waals surface area (Å²) in [4.78, 5) is -0.775. The second kappa shape index (κ2) is 4.23. The van der Waals surface area contributed by atoms with Gasteiger partial charge in [-0.25, -0.2) is 0 Å². The van der Waals surface area contributed by atoms with Crippen molar-refractivity contribution in [1.82, 2.24) is 0 Å². The van der Waals surface area contributed by atoms with Gasteiger partial charge in [-0.2, -0.15) is 0 Å². The fraction of sp³-hybridized carbons (Fsp3) is 0.250. The maximum absolute atomic E-state index is 5.93. The van der Waals surface area contributed by atoms with Crippen molar-refractivity contribution in [3.05, 3.63) is 21.2 Å². The summed E-state index contributed by atoms with van der Waals surface area (Å²) < 4.78 is 0. The monoisotopic (exact) mass is 272 g/mol. The number of anilines is 2. The minimum absolute atomic E-state index is 0.191. The van der Waals surface area contributed by atoms with Crippen LogP contribution in [-0.2, 0) is 0 Å². The van der Waals surface area contributed by atoms with Gasteiger partial charge in [0, 0.05) is 5.56 Å². The van der Waals surface area contributed by atoms with Gasteiger partial charge in [0.15, 0.2) is 0 Å². The molecule has 0 aliphatic carbocycles. The number of nitrogens with two attached hydrogens (primary N) is 2. The van der Waals surface area contributed by atoms with Crippen LogP contribution in [0.1, 0.15) is 16.0 Å². The van der Waals surface area contributed by atoms with Crippen molar-refractivity contribution in [2.45, 2.75) is 11.8 Å². The summed E-state index contributed by atoms with van der Waals surface area (Å²) in [5, 5.41) is 0.446. The third kappa shape index (κ3) is 1.84. The van der Waals surface area contributed by atoms with Crippen LogP contribution in [0.2, 0.25) is 10.0 Å². The number of hydrogen-bond donors (Lipinski definition) is 2. The van der Waals surface area contributed by atoms with Crippen LogP contribution in [-0.4, -0.2) is 0 Å². The van der Waals surface area contributed by atoms with E-state index >= 15 is 0 Å². The van der Waals surface area contributed by atoms with Crippen molar-refractivity contribution in [1.29, 1.82) is 0 Å². The molecule has 0 aromatic heterocycles. The van der Waals surface area contributed by atoms with E-state index in [1.807, 2.05) is 0 Å². The number of rotatable bonds is 1. The molecule has 14 heavy (non-hydrogen) atoms. The van der Waals surface area contributed by atoms with E-state index in [4.69, 9.17) is 57.9 Å². The van der Waals surface area contributed by atoms with E-state index in [-0.39, 0.29) is 15.7 Å². The molecule has 0 bridgehead atoms. The molecule has 0 saturated heterocycles. The first kappa shape index (κ1) is 12.1. The average Bonchev–Trinajstić information content (AvgIpc) is 2.11. The first-order valence-electron chi connectivity index (χ1n) is 3.68. The molecule has 0 amide bonds. The molecule has 0 heterocycles. The summed E-state index contributed by atoms with van der Waals surface area (Å²) in [7, 11) is 0. The van der Waals surface area contributed by atoms with Crippen molar-refractivity contribution in [3.8, 4) is 0 Å². The Morgan fingerprint density at radius 3 is 1.93 bits per heavy atom. The minimum Gasteiger partial charge on any atom is -0.397 e. The van der Waals surface area contributed by atoms with Crippen LogP contribution in [0.3, 0.4) is 0 Å². The second-order valence-corrected chi connectivity index (χ2v) is 4.65. The Bertz CT molecular complexity index is 347. The Hall–Kier alpha value is -0.0200. The Labute approximate surface area is 102 Å². The van der Waals surface area contributed by atoms with Crippen molar-refractivity contribution >= 4 is 57.8 Å². The van der Waals surface area contributed by atoms with E-state index in [9.17, 15) is 0 Å². The fourth-order valence-corrected chi connectivity index (χ4v) is 2.34. The second-order valence-electron chi connectivity index (χ2n) is 2.79. The summed E-state index contributed by atoms with van der Waals surface area (Å²) in [6, 6.07) is 0. The predicted molar refractivity (Wildman–Crippen MR) is 64.5 cm³/mol. The van der Waals surface area contributed by atoms with Gasteiger partial charge in [0.2, 0.25) is 0 Å². The van der Waals surface area contributed by atoms with Crippen molar-refractivity contribution in [2.75, 3.05) is 11.5 Å². The number of benzene rings is 1. The van der Waals surface area contributed by atoms with Crippen LogP contribution >= 0.6 is 46.4 Å². The Kier molecular flexibility index (Phi) is 3.64. The molecule has 0 unspecified atom stereocenters. The average molecular weight is 274 g/mol. The zero-order valence-corrected chi connectivity index (χ0v) is 10.3. The third-order valence-corrected chi connectivity index (χ3v) is 3.30. The largest absolute Gasteiger partial charge is 0.397 e. The van der Waals surface area contributed by atoms with Gasteiger partial charge in [-0.15, -0.1) is 0 Å². The van der Waals surface area contributed by atoms with Crippen molar-refractivity contribution in [3.63, 3.8) is 0 Å². The standard InChI is InChI=1S/C8H8Cl4N2/c1-2-3(8(11)12)4(9)5(10)7(14)6(2)13/h8H,13-14H2,1H3. The van der Waals surface area contributed by atoms with Crippen LogP contribution in [0.25, 0.3) is 0 Å². The molecule has 2 nitrogen and oxygen atoms in total. The molecule has 0 fully saturated rings. The first-order chi connectivity index (χ1) is 6.37. The molecule has 0 aliphatic heterocycles. The van der Waals surface area contributed by atoms with Gasteiger partial charge in [-0.3, -0.25) is 0 Å². The number of hydrogen-bond acceptors (Lipinski definition) is 2. The van der Waals surface area contributed by atoms with Gasteiger partial charge in [0.25, 0.3) is 0 Å². The zero-order chi connectivity index (χ0) is 11.0. The fourth-order valence-electron chi connectivity index (χ4n) is 1.13. The topological polar surface area (TPSA) is 52.0 Å². The lowest BCUT2D eigenvalue weighted by molar-refractivity contribution is 1.27. The van der Waals surface area contributed by atoms with Gasteiger partial charge in [-0.1, -0.05) is 46.4 Å². The minimum atomic E-state index is -0.775. The van der Waals surface area contributed by atoms with E-state index in [1.165, 1.54) is 0 Å². The smallest absolute Gasteiger partial charge is 0.134 e. The highest BCUT2D eigenvalue weighted by Crippen LogP contribution is 2.44. The summed E-state index contributed by atoms with van der Waals surface area (Å²) in [5.74, 6) is 0. The SMILES string of the molecule is Cc1c(N)c(N)c(Cl)c(Cl)c1C(Cl)Cl. The lowest BCUT2D eigenvalue weighted by Gasteiger charge is -2.15. The maximum Gasteiger partial charge on any atom is 0.134 e. The first-order valence-corrected chi connectivity index (χ1v) is 5.31. The molecule has 6 heteroatoms. The van der Waals surface area contributed by atoms with E-state index < -0.39 is 4.84 Å². The number of halogens is 4. The van der Waals surface area contributed by atoms with E-state index in [0.29, 0.717) is 16.8 Å². The summed E-state index contributed by atoms with van der Waals surface area (Å²) in [5.41, 5.74) is 13.1. The summed E-state index contributed by atoms with van der Waals surface area (Å²) >= 11 is 23.3. The van der Waals surface area contributed by atoms with Gasteiger partial charge in [-0.05, 0) is 12.5 Å². The lowest BCUT2D eigenvalue weighted by Crippen LogP contribution is -2.03. The molecule has 0 atom stereocenters. The highest BCUT2D eigenvalue weighted by Gasteiger charge is 2.20. The lowest BCUT2D eigenvalue weighted by atomic mass is 10.1. The number of nitrogen functional groups attached to an aromatic ring is 2. The normalized spacial score (nSPS) is 11.0. The molecule has 0 radical (unpaired) electrons. The molecular weight excluding hydrogens is 266 g/mol. The number of alkyl halides is 2. The van der Waals surface area contributed by atoms with Crippen LogP contribution in [0.4, 0.5) is 11.4 Å². The van der Waals surface area contributed by atoms with Gasteiger partial charge < -0.3 is 11.5 Å². The molecular formula is C8H8Cl4N2. The highest BCUT2D eigenvalue weighted by molar-refractivity contribution is 6.48. The van der Waals surface area contributed by atoms with Crippen molar-refractivity contribution < 1.29 is 0 Å². The van der Waals surface area contributed by atoms with Crippen molar-refractivity contribution in [2.24, 2.45) is 0 Å². The summed E-state index contributed by atoms with van der Waals surface area (Å²) in [6.07, 6.45) is 0. The Morgan fingerprint density at radius 1 is 1.00 bits per heavy atom. The Balaban J connectivity index is 3.60. The molecule has 0 saturated carbocycles. The molecule has 1 aromatic carbocycles. The van der Waals surface area contributed by atoms with Crippen LogP contribution in [0.15, 0.2) is 0 Å². The van der Waals surface area contributed by atoms with Gasteiger partial charge >= 0.3 is 0 Å². The van der Waals surface area contributed by atoms with Gasteiger partial charge in [0.05, 0.1) is 21.4 Å². The molecule has 4 N–H and O–H groups in total. The van der Waals surface area contributed by atoms with Gasteiger partial charge in [0.1, 0.15) is 4.84 Å². The van der Waals surface area contributed by atoms with E-state index in [1.54, 1.807) is 6.92 Å². The maximum atomic E-state index is 5.93. The van der Waals surface area contributed by atoms with Crippen LogP contribution in [0, 0.1) is 6.92 Å². The van der Waals surface area contributed by atoms with Crippen LogP contribution in [0.5, 0.6) is 0 Å².